The number of thiazole rings is 1. The first-order valence-corrected chi connectivity index (χ1v) is 9.97. The van der Waals surface area contributed by atoms with Crippen LogP contribution in [0.3, 0.4) is 0 Å². The van der Waals surface area contributed by atoms with Gasteiger partial charge in [-0.15, -0.1) is 35.3 Å². The lowest BCUT2D eigenvalue weighted by Crippen LogP contribution is -2.30. The van der Waals surface area contributed by atoms with E-state index in [1.807, 2.05) is 25.1 Å². The largest absolute Gasteiger partial charge is 0.493 e. The molecule has 156 valence electrons. The lowest BCUT2D eigenvalue weighted by molar-refractivity contribution is 0.355. The summed E-state index contributed by atoms with van der Waals surface area (Å²) < 4.78 is 10.6. The van der Waals surface area contributed by atoms with E-state index in [0.717, 1.165) is 35.3 Å². The molecule has 6 nitrogen and oxygen atoms in total. The lowest BCUT2D eigenvalue weighted by atomic mass is 9.93. The minimum Gasteiger partial charge on any atom is -0.493 e. The Morgan fingerprint density at radius 3 is 2.46 bits per heavy atom. The quantitative estimate of drug-likeness (QED) is 0.316. The molecule has 0 saturated heterocycles. The van der Waals surface area contributed by atoms with Crippen molar-refractivity contribution in [3.8, 4) is 11.5 Å². The van der Waals surface area contributed by atoms with E-state index < -0.39 is 0 Å². The molecule has 0 radical (unpaired) electrons. The number of benzene rings is 1. The molecular weight excluding hydrogens is 487 g/mol. The van der Waals surface area contributed by atoms with E-state index in [-0.39, 0.29) is 29.4 Å². The Kier molecular flexibility index (Phi) is 10.0. The number of rotatable bonds is 7. The minimum absolute atomic E-state index is 0. The van der Waals surface area contributed by atoms with Crippen LogP contribution in [0.15, 0.2) is 28.6 Å². The van der Waals surface area contributed by atoms with Crippen LogP contribution in [0.4, 0.5) is 5.69 Å². The number of halogens is 1. The molecule has 2 aromatic rings. The highest BCUT2D eigenvalue weighted by atomic mass is 127. The van der Waals surface area contributed by atoms with Crippen molar-refractivity contribution in [3.63, 3.8) is 0 Å². The van der Waals surface area contributed by atoms with Crippen LogP contribution in [-0.2, 0) is 11.8 Å². The van der Waals surface area contributed by atoms with Gasteiger partial charge in [0.1, 0.15) is 0 Å². The number of aromatic nitrogens is 1. The second-order valence-electron chi connectivity index (χ2n) is 7.08. The summed E-state index contributed by atoms with van der Waals surface area (Å²) in [5.74, 6) is 2.11. The third kappa shape index (κ3) is 7.12. The third-order valence-electron chi connectivity index (χ3n) is 3.91. The number of hydrogen-bond acceptors (Lipinski definition) is 5. The van der Waals surface area contributed by atoms with Crippen molar-refractivity contribution in [1.82, 2.24) is 10.3 Å². The molecule has 28 heavy (non-hydrogen) atoms. The van der Waals surface area contributed by atoms with Crippen LogP contribution in [0, 0.1) is 0 Å². The van der Waals surface area contributed by atoms with Crippen LogP contribution in [-0.4, -0.2) is 38.3 Å². The summed E-state index contributed by atoms with van der Waals surface area (Å²) in [5.41, 5.74) is 2.11. The van der Waals surface area contributed by atoms with Crippen LogP contribution in [0.2, 0.25) is 0 Å². The number of nitrogens with one attached hydrogen (secondary N) is 2. The number of hydrogen-bond donors (Lipinski definition) is 2. The van der Waals surface area contributed by atoms with E-state index in [2.05, 4.69) is 41.8 Å². The number of methoxy groups -OCH3 is 2. The molecule has 2 rings (SSSR count). The summed E-state index contributed by atoms with van der Waals surface area (Å²) >= 11 is 1.70. The molecule has 0 amide bonds. The molecule has 0 fully saturated rings. The molecule has 0 unspecified atom stereocenters. The Morgan fingerprint density at radius 1 is 1.18 bits per heavy atom. The zero-order valence-corrected chi connectivity index (χ0v) is 20.6. The van der Waals surface area contributed by atoms with Gasteiger partial charge >= 0.3 is 0 Å². The van der Waals surface area contributed by atoms with Gasteiger partial charge < -0.3 is 20.1 Å². The Bertz CT molecular complexity index is 772. The van der Waals surface area contributed by atoms with Gasteiger partial charge in [0.25, 0.3) is 0 Å². The molecule has 1 aromatic heterocycles. The van der Waals surface area contributed by atoms with Crippen molar-refractivity contribution in [3.05, 3.63) is 34.3 Å². The number of ether oxygens (including phenoxy) is 2. The molecule has 0 spiro atoms. The number of anilines is 1. The fourth-order valence-electron chi connectivity index (χ4n) is 2.39. The van der Waals surface area contributed by atoms with E-state index in [1.165, 1.54) is 0 Å². The van der Waals surface area contributed by atoms with E-state index in [0.29, 0.717) is 18.0 Å². The molecule has 0 atom stereocenters. The van der Waals surface area contributed by atoms with Crippen molar-refractivity contribution in [1.29, 1.82) is 0 Å². The highest BCUT2D eigenvalue weighted by Crippen LogP contribution is 2.29. The van der Waals surface area contributed by atoms with Crippen molar-refractivity contribution in [2.45, 2.75) is 39.5 Å². The monoisotopic (exact) mass is 518 g/mol. The van der Waals surface area contributed by atoms with Crippen LogP contribution < -0.4 is 20.1 Å². The molecular formula is C20H31IN4O2S. The summed E-state index contributed by atoms with van der Waals surface area (Å²) in [6.45, 7) is 10.0. The fraction of sp³-hybridized carbons (Fsp3) is 0.500. The topological polar surface area (TPSA) is 67.8 Å². The fourth-order valence-corrected chi connectivity index (χ4v) is 3.41. The average molecular weight is 518 g/mol. The van der Waals surface area contributed by atoms with Crippen LogP contribution >= 0.6 is 35.3 Å². The van der Waals surface area contributed by atoms with Gasteiger partial charge in [0.2, 0.25) is 0 Å². The Labute approximate surface area is 189 Å². The number of guanidine groups is 1. The Balaban J connectivity index is 0.00000392. The SMILES string of the molecule is CCNC(=NCCc1nc(C(C)(C)C)cs1)Nc1ccc(OC)c(OC)c1.I. The molecule has 0 aliphatic carbocycles. The summed E-state index contributed by atoms with van der Waals surface area (Å²) in [4.78, 5) is 9.39. The molecule has 0 saturated carbocycles. The van der Waals surface area contributed by atoms with Gasteiger partial charge in [-0.1, -0.05) is 20.8 Å². The summed E-state index contributed by atoms with van der Waals surface area (Å²) in [7, 11) is 3.25. The first kappa shape index (κ1) is 24.5. The normalized spacial score (nSPS) is 11.6. The number of nitrogens with zero attached hydrogens (tertiary/aromatic N) is 2. The molecule has 8 heteroatoms. The van der Waals surface area contributed by atoms with Gasteiger partial charge in [-0.05, 0) is 19.1 Å². The predicted molar refractivity (Wildman–Crippen MR) is 129 cm³/mol. The summed E-state index contributed by atoms with van der Waals surface area (Å²) in [6.07, 6.45) is 0.823. The standard InChI is InChI=1S/C20H30N4O2S.HI/c1-7-21-19(23-14-8-9-15(25-5)16(12-14)26-6)22-11-10-18-24-17(13-27-18)20(2,3)4;/h8-9,12-13H,7,10-11H2,1-6H3,(H2,21,22,23);1H. The highest BCUT2D eigenvalue weighted by Gasteiger charge is 2.17. The second-order valence-corrected chi connectivity index (χ2v) is 8.02. The summed E-state index contributed by atoms with van der Waals surface area (Å²) in [6, 6.07) is 5.70. The highest BCUT2D eigenvalue weighted by molar-refractivity contribution is 14.0. The maximum Gasteiger partial charge on any atom is 0.195 e. The van der Waals surface area contributed by atoms with E-state index in [4.69, 9.17) is 14.5 Å². The smallest absolute Gasteiger partial charge is 0.195 e. The first-order valence-electron chi connectivity index (χ1n) is 9.09. The molecule has 1 heterocycles. The van der Waals surface area contributed by atoms with Gasteiger partial charge in [0, 0.05) is 42.1 Å². The van der Waals surface area contributed by atoms with Crippen molar-refractivity contribution >= 4 is 47.0 Å². The zero-order valence-electron chi connectivity index (χ0n) is 17.5. The Hall–Kier alpha value is -1.55. The molecule has 1 aromatic carbocycles. The number of aliphatic imine (C=N–C) groups is 1. The maximum absolute atomic E-state index is 5.35. The van der Waals surface area contributed by atoms with E-state index in [1.54, 1.807) is 25.6 Å². The minimum atomic E-state index is 0. The van der Waals surface area contributed by atoms with Crippen LogP contribution in [0.5, 0.6) is 11.5 Å². The van der Waals surface area contributed by atoms with Gasteiger partial charge in [0.15, 0.2) is 17.5 Å². The van der Waals surface area contributed by atoms with Crippen molar-refractivity contribution in [2.75, 3.05) is 32.6 Å². The summed E-state index contributed by atoms with van der Waals surface area (Å²) in [5, 5.41) is 9.83. The average Bonchev–Trinajstić information content (AvgIpc) is 3.11. The molecule has 0 aliphatic heterocycles. The van der Waals surface area contributed by atoms with Gasteiger partial charge in [-0.3, -0.25) is 4.99 Å². The first-order chi connectivity index (χ1) is 12.9. The zero-order chi connectivity index (χ0) is 19.9. The van der Waals surface area contributed by atoms with Crippen LogP contribution in [0.25, 0.3) is 0 Å². The van der Waals surface area contributed by atoms with Gasteiger partial charge in [-0.25, -0.2) is 4.98 Å². The third-order valence-corrected chi connectivity index (χ3v) is 4.81. The second kappa shape index (κ2) is 11.5. The van der Waals surface area contributed by atoms with Gasteiger partial charge in [-0.2, -0.15) is 0 Å². The molecule has 0 aliphatic rings. The maximum atomic E-state index is 5.35. The van der Waals surface area contributed by atoms with Crippen LogP contribution in [0.1, 0.15) is 38.4 Å². The molecule has 2 N–H and O–H groups in total. The Morgan fingerprint density at radius 2 is 1.89 bits per heavy atom. The van der Waals surface area contributed by atoms with Crippen molar-refractivity contribution < 1.29 is 9.47 Å². The molecule has 0 bridgehead atoms. The van der Waals surface area contributed by atoms with Gasteiger partial charge in [0.05, 0.1) is 24.9 Å². The van der Waals surface area contributed by atoms with Crippen molar-refractivity contribution in [2.24, 2.45) is 4.99 Å². The van der Waals surface area contributed by atoms with E-state index in [9.17, 15) is 0 Å². The lowest BCUT2D eigenvalue weighted by Gasteiger charge is -2.14. The van der Waals surface area contributed by atoms with E-state index >= 15 is 0 Å². The predicted octanol–water partition coefficient (Wildman–Crippen LogP) is 4.70.